The smallest absolute Gasteiger partial charge is 0.234 e. The van der Waals surface area contributed by atoms with Crippen molar-refractivity contribution >= 4 is 58.2 Å². The van der Waals surface area contributed by atoms with E-state index in [0.717, 1.165) is 0 Å². The fourth-order valence-electron chi connectivity index (χ4n) is 2.70. The second kappa shape index (κ2) is 10.4. The molecule has 0 radical (unpaired) electrons. The summed E-state index contributed by atoms with van der Waals surface area (Å²) in [5, 5.41) is 13.3. The number of halogens is 3. The van der Waals surface area contributed by atoms with Crippen LogP contribution in [0.2, 0.25) is 15.1 Å². The minimum Gasteiger partial charge on any atom is -0.483 e. The van der Waals surface area contributed by atoms with Crippen LogP contribution in [0.3, 0.4) is 0 Å². The molecule has 6 nitrogen and oxygen atoms in total. The van der Waals surface area contributed by atoms with Crippen LogP contribution in [-0.2, 0) is 11.3 Å². The first-order chi connectivity index (χ1) is 14.4. The van der Waals surface area contributed by atoms with E-state index in [-0.39, 0.29) is 17.8 Å². The van der Waals surface area contributed by atoms with Crippen molar-refractivity contribution in [1.82, 2.24) is 14.8 Å². The van der Waals surface area contributed by atoms with Gasteiger partial charge >= 0.3 is 0 Å². The van der Waals surface area contributed by atoms with Crippen molar-refractivity contribution < 1.29 is 9.53 Å². The third-order valence-electron chi connectivity index (χ3n) is 4.07. The summed E-state index contributed by atoms with van der Waals surface area (Å²) in [7, 11) is 0. The van der Waals surface area contributed by atoms with E-state index in [1.54, 1.807) is 30.3 Å². The van der Waals surface area contributed by atoms with Gasteiger partial charge in [-0.1, -0.05) is 52.6 Å². The van der Waals surface area contributed by atoms with Gasteiger partial charge in [-0.05, 0) is 50.2 Å². The lowest BCUT2D eigenvalue weighted by Gasteiger charge is -2.15. The van der Waals surface area contributed by atoms with E-state index in [1.807, 2.05) is 30.5 Å². The monoisotopic (exact) mass is 484 g/mol. The topological polar surface area (TPSA) is 69.0 Å². The van der Waals surface area contributed by atoms with Gasteiger partial charge in [0, 0.05) is 17.3 Å². The molecule has 158 valence electrons. The van der Waals surface area contributed by atoms with Crippen LogP contribution >= 0.6 is 46.6 Å². The molecule has 1 aromatic heterocycles. The molecule has 1 atom stereocenters. The molecule has 1 heterocycles. The summed E-state index contributed by atoms with van der Waals surface area (Å²) >= 11 is 19.2. The molecule has 0 saturated carbocycles. The number of carbonyl (C=O) groups is 1. The number of benzene rings is 2. The van der Waals surface area contributed by atoms with E-state index < -0.39 is 0 Å². The standard InChI is InChI=1S/C20H19Cl3N4O2S/c1-3-27-19(12(2)29-15-6-4-5-13(21)9-15)25-26-20(27)30-11-18(28)24-14-7-8-16(22)17(23)10-14/h4-10,12H,3,11H2,1-2H3,(H,24,28). The zero-order valence-electron chi connectivity index (χ0n) is 16.2. The van der Waals surface area contributed by atoms with E-state index in [2.05, 4.69) is 15.5 Å². The Labute approximate surface area is 193 Å². The third kappa shape index (κ3) is 5.82. The average Bonchev–Trinajstić information content (AvgIpc) is 3.12. The van der Waals surface area contributed by atoms with E-state index >= 15 is 0 Å². The minimum atomic E-state index is -0.338. The minimum absolute atomic E-state index is 0.169. The van der Waals surface area contributed by atoms with Gasteiger partial charge in [0.25, 0.3) is 0 Å². The van der Waals surface area contributed by atoms with Crippen molar-refractivity contribution in [3.63, 3.8) is 0 Å². The third-order valence-corrected chi connectivity index (χ3v) is 6.01. The molecule has 0 bridgehead atoms. The van der Waals surface area contributed by atoms with Crippen LogP contribution in [0.4, 0.5) is 5.69 Å². The molecule has 10 heteroatoms. The second-order valence-electron chi connectivity index (χ2n) is 6.27. The summed E-state index contributed by atoms with van der Waals surface area (Å²) in [6.45, 7) is 4.52. The van der Waals surface area contributed by atoms with Gasteiger partial charge in [-0.2, -0.15) is 0 Å². The summed E-state index contributed by atoms with van der Waals surface area (Å²) in [4.78, 5) is 12.3. The highest BCUT2D eigenvalue weighted by atomic mass is 35.5. The SMILES string of the molecule is CCn1c(SCC(=O)Nc2ccc(Cl)c(Cl)c2)nnc1C(C)Oc1cccc(Cl)c1. The Bertz CT molecular complexity index is 1040. The van der Waals surface area contributed by atoms with Gasteiger partial charge in [0.15, 0.2) is 17.1 Å². The van der Waals surface area contributed by atoms with Gasteiger partial charge in [-0.25, -0.2) is 0 Å². The molecule has 0 aliphatic carbocycles. The molecular weight excluding hydrogens is 467 g/mol. The van der Waals surface area contributed by atoms with Gasteiger partial charge in [-0.15, -0.1) is 10.2 Å². The zero-order valence-corrected chi connectivity index (χ0v) is 19.3. The zero-order chi connectivity index (χ0) is 21.7. The molecule has 1 amide bonds. The van der Waals surface area contributed by atoms with E-state index in [0.29, 0.717) is 44.0 Å². The average molecular weight is 486 g/mol. The quantitative estimate of drug-likeness (QED) is 0.389. The van der Waals surface area contributed by atoms with Crippen LogP contribution in [-0.4, -0.2) is 26.4 Å². The Morgan fingerprint density at radius 2 is 1.97 bits per heavy atom. The fourth-order valence-corrected chi connectivity index (χ4v) is 3.99. The number of anilines is 1. The molecule has 1 unspecified atom stereocenters. The predicted octanol–water partition coefficient (Wildman–Crippen LogP) is 6.13. The van der Waals surface area contributed by atoms with Crippen molar-refractivity contribution in [3.05, 3.63) is 63.4 Å². The highest BCUT2D eigenvalue weighted by molar-refractivity contribution is 7.99. The van der Waals surface area contributed by atoms with Crippen molar-refractivity contribution in [2.45, 2.75) is 31.7 Å². The molecule has 0 spiro atoms. The molecule has 0 aliphatic rings. The maximum absolute atomic E-state index is 12.3. The van der Waals surface area contributed by atoms with E-state index in [4.69, 9.17) is 39.5 Å². The number of rotatable bonds is 8. The number of thioether (sulfide) groups is 1. The normalized spacial score (nSPS) is 11.9. The Kier molecular flexibility index (Phi) is 7.88. The van der Waals surface area contributed by atoms with Crippen molar-refractivity contribution in [3.8, 4) is 5.75 Å². The molecule has 1 N–H and O–H groups in total. The molecule has 0 aliphatic heterocycles. The Morgan fingerprint density at radius 1 is 1.17 bits per heavy atom. The van der Waals surface area contributed by atoms with Gasteiger partial charge in [0.2, 0.25) is 5.91 Å². The molecule has 3 rings (SSSR count). The first-order valence-electron chi connectivity index (χ1n) is 9.10. The van der Waals surface area contributed by atoms with Crippen molar-refractivity contribution in [2.24, 2.45) is 0 Å². The number of carbonyl (C=O) groups excluding carboxylic acids is 1. The lowest BCUT2D eigenvalue weighted by molar-refractivity contribution is -0.113. The van der Waals surface area contributed by atoms with E-state index in [9.17, 15) is 4.79 Å². The molecule has 0 saturated heterocycles. The molecule has 0 fully saturated rings. The van der Waals surface area contributed by atoms with Crippen molar-refractivity contribution in [1.29, 1.82) is 0 Å². The van der Waals surface area contributed by atoms with Gasteiger partial charge in [0.05, 0.1) is 15.8 Å². The van der Waals surface area contributed by atoms with Crippen LogP contribution in [0.5, 0.6) is 5.75 Å². The van der Waals surface area contributed by atoms with E-state index in [1.165, 1.54) is 11.8 Å². The Morgan fingerprint density at radius 3 is 2.67 bits per heavy atom. The molecular formula is C20H19Cl3N4O2S. The first kappa shape index (κ1) is 22.7. The van der Waals surface area contributed by atoms with Crippen LogP contribution in [0.1, 0.15) is 25.8 Å². The number of amides is 1. The maximum Gasteiger partial charge on any atom is 0.234 e. The summed E-state index contributed by atoms with van der Waals surface area (Å²) < 4.78 is 7.87. The summed E-state index contributed by atoms with van der Waals surface area (Å²) in [6.07, 6.45) is -0.338. The fraction of sp³-hybridized carbons (Fsp3) is 0.250. The molecule has 3 aromatic rings. The second-order valence-corrected chi connectivity index (χ2v) is 8.46. The highest BCUT2D eigenvalue weighted by Gasteiger charge is 2.19. The Hall–Kier alpha value is -1.93. The number of hydrogen-bond donors (Lipinski definition) is 1. The largest absolute Gasteiger partial charge is 0.483 e. The van der Waals surface area contributed by atoms with Crippen LogP contribution in [0.25, 0.3) is 0 Å². The number of nitrogens with zero attached hydrogens (tertiary/aromatic N) is 3. The molecule has 2 aromatic carbocycles. The number of hydrogen-bond acceptors (Lipinski definition) is 5. The maximum atomic E-state index is 12.3. The first-order valence-corrected chi connectivity index (χ1v) is 11.2. The summed E-state index contributed by atoms with van der Waals surface area (Å²) in [5.74, 6) is 1.30. The lowest BCUT2D eigenvalue weighted by atomic mass is 10.3. The number of aromatic nitrogens is 3. The van der Waals surface area contributed by atoms with Gasteiger partial charge in [-0.3, -0.25) is 4.79 Å². The van der Waals surface area contributed by atoms with Crippen LogP contribution < -0.4 is 10.1 Å². The Balaban J connectivity index is 1.63. The van der Waals surface area contributed by atoms with Crippen LogP contribution in [0.15, 0.2) is 47.6 Å². The lowest BCUT2D eigenvalue weighted by Crippen LogP contribution is -2.15. The summed E-state index contributed by atoms with van der Waals surface area (Å²) in [5.41, 5.74) is 0.580. The number of ether oxygens (including phenoxy) is 1. The van der Waals surface area contributed by atoms with Gasteiger partial charge < -0.3 is 14.6 Å². The van der Waals surface area contributed by atoms with Gasteiger partial charge in [0.1, 0.15) is 5.75 Å². The summed E-state index contributed by atoms with van der Waals surface area (Å²) in [6, 6.07) is 12.1. The predicted molar refractivity (Wildman–Crippen MR) is 122 cm³/mol. The van der Waals surface area contributed by atoms with Crippen molar-refractivity contribution in [2.75, 3.05) is 11.1 Å². The molecule has 30 heavy (non-hydrogen) atoms. The highest BCUT2D eigenvalue weighted by Crippen LogP contribution is 2.27. The van der Waals surface area contributed by atoms with Crippen LogP contribution in [0, 0.1) is 0 Å². The number of nitrogens with one attached hydrogen (secondary N) is 1.